The highest BCUT2D eigenvalue weighted by molar-refractivity contribution is 5.34. The van der Waals surface area contributed by atoms with E-state index in [4.69, 9.17) is 5.26 Å². The molecule has 0 aliphatic rings. The van der Waals surface area contributed by atoms with E-state index in [0.29, 0.717) is 5.69 Å². The summed E-state index contributed by atoms with van der Waals surface area (Å²) >= 11 is 0. The zero-order chi connectivity index (χ0) is 13.7. The first kappa shape index (κ1) is 13.3. The maximum atomic E-state index is 8.98. The van der Waals surface area contributed by atoms with Crippen LogP contribution in [-0.4, -0.2) is 16.1 Å². The van der Waals surface area contributed by atoms with Crippen molar-refractivity contribution in [2.45, 2.75) is 19.9 Å². The molecule has 0 radical (unpaired) electrons. The second-order valence-corrected chi connectivity index (χ2v) is 4.59. The van der Waals surface area contributed by atoms with Gasteiger partial charge in [-0.05, 0) is 49.2 Å². The lowest BCUT2D eigenvalue weighted by Crippen LogP contribution is -2.17. The van der Waals surface area contributed by atoms with Crippen LogP contribution in [0.25, 0.3) is 0 Å². The maximum absolute atomic E-state index is 8.98. The molecule has 98 valence electrons. The zero-order valence-corrected chi connectivity index (χ0v) is 11.3. The second kappa shape index (κ2) is 6.17. The summed E-state index contributed by atoms with van der Waals surface area (Å²) in [7, 11) is 1.92. The van der Waals surface area contributed by atoms with Gasteiger partial charge in [0.2, 0.25) is 0 Å². The van der Waals surface area contributed by atoms with E-state index in [9.17, 15) is 0 Å². The molecule has 2 aromatic rings. The van der Waals surface area contributed by atoms with Crippen molar-refractivity contribution in [1.29, 1.82) is 5.26 Å². The first-order valence-electron chi connectivity index (χ1n) is 6.37. The average molecular weight is 254 g/mol. The Kier molecular flexibility index (Phi) is 4.32. The highest BCUT2D eigenvalue weighted by Crippen LogP contribution is 2.12. The van der Waals surface area contributed by atoms with E-state index in [0.717, 1.165) is 25.2 Å². The zero-order valence-electron chi connectivity index (χ0n) is 11.3. The molecule has 0 fully saturated rings. The Bertz CT molecular complexity index is 578. The molecule has 0 aliphatic heterocycles. The Morgan fingerprint density at radius 3 is 2.74 bits per heavy atom. The third-order valence-corrected chi connectivity index (χ3v) is 3.41. The van der Waals surface area contributed by atoms with Crippen LogP contribution in [0.1, 0.15) is 22.5 Å². The standard InChI is InChI=1S/C15H18N4/c1-12-14(9-15(10-16)19(12)2)11-18-8-5-13-3-6-17-7-4-13/h3-4,6-7,9,18H,5,8,11H2,1-2H3. The largest absolute Gasteiger partial charge is 0.340 e. The summed E-state index contributed by atoms with van der Waals surface area (Å²) in [4.78, 5) is 4.00. The lowest BCUT2D eigenvalue weighted by molar-refractivity contribution is 0.681. The monoisotopic (exact) mass is 254 g/mol. The summed E-state index contributed by atoms with van der Waals surface area (Å²) in [5.74, 6) is 0. The molecule has 4 nitrogen and oxygen atoms in total. The SMILES string of the molecule is Cc1c(CNCCc2ccncc2)cc(C#N)n1C. The first-order chi connectivity index (χ1) is 9.22. The van der Waals surface area contributed by atoms with Gasteiger partial charge in [-0.3, -0.25) is 4.98 Å². The van der Waals surface area contributed by atoms with Crippen LogP contribution in [0.4, 0.5) is 0 Å². The number of aromatic nitrogens is 2. The van der Waals surface area contributed by atoms with Crippen molar-refractivity contribution < 1.29 is 0 Å². The average Bonchev–Trinajstić information content (AvgIpc) is 2.72. The maximum Gasteiger partial charge on any atom is 0.120 e. The van der Waals surface area contributed by atoms with Gasteiger partial charge >= 0.3 is 0 Å². The lowest BCUT2D eigenvalue weighted by atomic mass is 10.2. The molecule has 0 unspecified atom stereocenters. The number of hydrogen-bond acceptors (Lipinski definition) is 3. The van der Waals surface area contributed by atoms with Gasteiger partial charge < -0.3 is 9.88 Å². The fraction of sp³-hybridized carbons (Fsp3) is 0.333. The minimum atomic E-state index is 0.712. The van der Waals surface area contributed by atoms with E-state index in [2.05, 4.69) is 16.4 Å². The molecule has 0 saturated carbocycles. The van der Waals surface area contributed by atoms with Crippen LogP contribution < -0.4 is 5.32 Å². The van der Waals surface area contributed by atoms with Crippen LogP contribution in [0.2, 0.25) is 0 Å². The summed E-state index contributed by atoms with van der Waals surface area (Å²) in [6.45, 7) is 3.76. The summed E-state index contributed by atoms with van der Waals surface area (Å²) in [6, 6.07) is 8.22. The van der Waals surface area contributed by atoms with Crippen LogP contribution in [0.15, 0.2) is 30.6 Å². The quantitative estimate of drug-likeness (QED) is 0.830. The molecule has 0 saturated heterocycles. The molecule has 4 heteroatoms. The minimum Gasteiger partial charge on any atom is -0.340 e. The molecular weight excluding hydrogens is 236 g/mol. The number of pyridine rings is 1. The molecule has 0 atom stereocenters. The van der Waals surface area contributed by atoms with Gasteiger partial charge in [0.25, 0.3) is 0 Å². The molecule has 0 amide bonds. The summed E-state index contributed by atoms with van der Waals surface area (Å²) in [6.07, 6.45) is 4.62. The third kappa shape index (κ3) is 3.21. The van der Waals surface area contributed by atoms with Crippen molar-refractivity contribution in [3.63, 3.8) is 0 Å². The van der Waals surface area contributed by atoms with Crippen molar-refractivity contribution in [3.05, 3.63) is 53.1 Å². The van der Waals surface area contributed by atoms with E-state index in [1.807, 2.05) is 49.1 Å². The van der Waals surface area contributed by atoms with Gasteiger partial charge in [0.05, 0.1) is 0 Å². The second-order valence-electron chi connectivity index (χ2n) is 4.59. The normalized spacial score (nSPS) is 10.4. The Hall–Kier alpha value is -2.12. The van der Waals surface area contributed by atoms with Gasteiger partial charge in [0, 0.05) is 31.7 Å². The van der Waals surface area contributed by atoms with E-state index in [-0.39, 0.29) is 0 Å². The number of nitrogens with zero attached hydrogens (tertiary/aromatic N) is 3. The van der Waals surface area contributed by atoms with Crippen LogP contribution >= 0.6 is 0 Å². The van der Waals surface area contributed by atoms with Crippen molar-refractivity contribution in [1.82, 2.24) is 14.9 Å². The molecule has 2 heterocycles. The molecule has 2 rings (SSSR count). The van der Waals surface area contributed by atoms with Crippen LogP contribution in [0.5, 0.6) is 0 Å². The number of nitrogens with one attached hydrogen (secondary N) is 1. The Labute approximate surface area is 113 Å². The molecule has 0 spiro atoms. The predicted molar refractivity (Wildman–Crippen MR) is 74.5 cm³/mol. The molecular formula is C15H18N4. The lowest BCUT2D eigenvalue weighted by Gasteiger charge is -2.05. The highest BCUT2D eigenvalue weighted by Gasteiger charge is 2.07. The fourth-order valence-corrected chi connectivity index (χ4v) is 2.05. The summed E-state index contributed by atoms with van der Waals surface area (Å²) in [5, 5.41) is 12.4. The van der Waals surface area contributed by atoms with Crippen molar-refractivity contribution in [2.24, 2.45) is 7.05 Å². The number of nitriles is 1. The third-order valence-electron chi connectivity index (χ3n) is 3.41. The number of hydrogen-bond donors (Lipinski definition) is 1. The Morgan fingerprint density at radius 1 is 1.37 bits per heavy atom. The molecule has 19 heavy (non-hydrogen) atoms. The molecule has 0 aliphatic carbocycles. The smallest absolute Gasteiger partial charge is 0.120 e. The van der Waals surface area contributed by atoms with Crippen LogP contribution in [0.3, 0.4) is 0 Å². The molecule has 0 aromatic carbocycles. The highest BCUT2D eigenvalue weighted by atomic mass is 15.0. The minimum absolute atomic E-state index is 0.712. The van der Waals surface area contributed by atoms with Crippen molar-refractivity contribution in [3.8, 4) is 6.07 Å². The molecule has 1 N–H and O–H groups in total. The first-order valence-corrected chi connectivity index (χ1v) is 6.37. The fourth-order valence-electron chi connectivity index (χ4n) is 2.05. The van der Waals surface area contributed by atoms with Gasteiger partial charge in [0.15, 0.2) is 0 Å². The van der Waals surface area contributed by atoms with Gasteiger partial charge in [-0.1, -0.05) is 0 Å². The van der Waals surface area contributed by atoms with E-state index < -0.39 is 0 Å². The molecule has 2 aromatic heterocycles. The Balaban J connectivity index is 1.85. The molecule has 0 bridgehead atoms. The number of rotatable bonds is 5. The van der Waals surface area contributed by atoms with Crippen LogP contribution in [-0.2, 0) is 20.0 Å². The Morgan fingerprint density at radius 2 is 2.11 bits per heavy atom. The predicted octanol–water partition coefficient (Wildman–Crippen LogP) is 1.93. The topological polar surface area (TPSA) is 53.6 Å². The van der Waals surface area contributed by atoms with Gasteiger partial charge in [-0.2, -0.15) is 5.26 Å². The van der Waals surface area contributed by atoms with Crippen molar-refractivity contribution >= 4 is 0 Å². The summed E-state index contributed by atoms with van der Waals surface area (Å²) in [5.41, 5.74) is 4.33. The van der Waals surface area contributed by atoms with E-state index in [1.165, 1.54) is 11.1 Å². The van der Waals surface area contributed by atoms with E-state index in [1.54, 1.807) is 0 Å². The van der Waals surface area contributed by atoms with Gasteiger partial charge in [-0.15, -0.1) is 0 Å². The van der Waals surface area contributed by atoms with Gasteiger partial charge in [0.1, 0.15) is 11.8 Å². The van der Waals surface area contributed by atoms with Gasteiger partial charge in [-0.25, -0.2) is 0 Å². The summed E-state index contributed by atoms with van der Waals surface area (Å²) < 4.78 is 1.93. The van der Waals surface area contributed by atoms with Crippen molar-refractivity contribution in [2.75, 3.05) is 6.54 Å². The van der Waals surface area contributed by atoms with E-state index >= 15 is 0 Å². The van der Waals surface area contributed by atoms with Crippen LogP contribution in [0, 0.1) is 18.3 Å².